The Kier molecular flexibility index (Phi) is 5.19. The average molecular weight is 378 g/mol. The van der Waals surface area contributed by atoms with Crippen molar-refractivity contribution < 1.29 is 8.42 Å². The third-order valence-corrected chi connectivity index (χ3v) is 4.97. The van der Waals surface area contributed by atoms with Crippen LogP contribution < -0.4 is 5.43 Å². The number of benzene rings is 1. The van der Waals surface area contributed by atoms with Crippen LogP contribution in [-0.4, -0.2) is 28.4 Å². The van der Waals surface area contributed by atoms with Gasteiger partial charge in [0, 0.05) is 18.0 Å². The van der Waals surface area contributed by atoms with E-state index in [1.165, 1.54) is 18.3 Å². The number of pyridine rings is 1. The first kappa shape index (κ1) is 18.2. The predicted molar refractivity (Wildman–Crippen MR) is 100 cm³/mol. The van der Waals surface area contributed by atoms with Crippen LogP contribution in [0, 0.1) is 18.3 Å². The van der Waals surface area contributed by atoms with Crippen LogP contribution in [0.2, 0.25) is 0 Å². The molecule has 27 heavy (non-hydrogen) atoms. The molecule has 0 spiro atoms. The van der Waals surface area contributed by atoms with Gasteiger partial charge >= 0.3 is 0 Å². The lowest BCUT2D eigenvalue weighted by Crippen LogP contribution is -2.16. The van der Waals surface area contributed by atoms with Crippen LogP contribution in [0.4, 0.5) is 5.69 Å². The first-order chi connectivity index (χ1) is 13.0. The number of rotatable bonds is 4. The first-order valence-electron chi connectivity index (χ1n) is 7.81. The number of anilines is 1. The van der Waals surface area contributed by atoms with Gasteiger partial charge in [0.05, 0.1) is 11.4 Å². The van der Waals surface area contributed by atoms with E-state index in [-0.39, 0.29) is 5.03 Å². The summed E-state index contributed by atoms with van der Waals surface area (Å²) >= 11 is 0. The molecule has 0 radical (unpaired) electrons. The second kappa shape index (κ2) is 7.72. The molecular weight excluding hydrogens is 364 g/mol. The van der Waals surface area contributed by atoms with Gasteiger partial charge in [-0.1, -0.05) is 18.2 Å². The van der Waals surface area contributed by atoms with Crippen molar-refractivity contribution >= 4 is 20.6 Å². The zero-order chi connectivity index (χ0) is 19.3. The summed E-state index contributed by atoms with van der Waals surface area (Å²) in [7, 11) is -4.09. The molecule has 8 nitrogen and oxygen atoms in total. The van der Waals surface area contributed by atoms with Crippen molar-refractivity contribution in [1.82, 2.24) is 15.0 Å². The van der Waals surface area contributed by atoms with Crippen LogP contribution in [0.15, 0.2) is 71.1 Å². The minimum Gasteiger partial charge on any atom is -0.276 e. The SMILES string of the molecule is Cc1nccc(-c2cccc(N/N=C(\C#N)S(=O)(=O)c3ccccn3)c2)n1. The summed E-state index contributed by atoms with van der Waals surface area (Å²) in [5.74, 6) is 0.636. The number of nitrogens with one attached hydrogen (secondary N) is 1. The molecule has 0 unspecified atom stereocenters. The van der Waals surface area contributed by atoms with Crippen LogP contribution in [0.3, 0.4) is 0 Å². The summed E-state index contributed by atoms with van der Waals surface area (Å²) in [5, 5.41) is 12.1. The topological polar surface area (TPSA) is 121 Å². The lowest BCUT2D eigenvalue weighted by atomic mass is 10.1. The normalized spacial score (nSPS) is 11.6. The van der Waals surface area contributed by atoms with E-state index in [0.717, 1.165) is 11.3 Å². The molecule has 0 saturated carbocycles. The molecule has 2 heterocycles. The zero-order valence-electron chi connectivity index (χ0n) is 14.2. The van der Waals surface area contributed by atoms with Crippen LogP contribution >= 0.6 is 0 Å². The molecule has 2 aromatic heterocycles. The molecule has 0 aliphatic heterocycles. The van der Waals surface area contributed by atoms with Crippen molar-refractivity contribution in [2.75, 3.05) is 5.43 Å². The number of hydrogen-bond acceptors (Lipinski definition) is 8. The molecule has 0 amide bonds. The van der Waals surface area contributed by atoms with Crippen molar-refractivity contribution in [3.05, 3.63) is 66.7 Å². The lowest BCUT2D eigenvalue weighted by Gasteiger charge is -2.06. The molecule has 0 bridgehead atoms. The predicted octanol–water partition coefficient (Wildman–Crippen LogP) is 2.57. The minimum atomic E-state index is -4.09. The molecule has 3 aromatic rings. The molecular formula is C18H14N6O2S. The van der Waals surface area contributed by atoms with E-state index in [0.29, 0.717) is 11.5 Å². The second-order valence-electron chi connectivity index (χ2n) is 5.38. The number of aryl methyl sites for hydroxylation is 1. The summed E-state index contributed by atoms with van der Waals surface area (Å²) in [6, 6.07) is 14.8. The fourth-order valence-corrected chi connectivity index (χ4v) is 3.17. The summed E-state index contributed by atoms with van der Waals surface area (Å²) in [6.45, 7) is 1.79. The maximum Gasteiger partial charge on any atom is 0.258 e. The molecule has 134 valence electrons. The Labute approximate surface area is 156 Å². The summed E-state index contributed by atoms with van der Waals surface area (Å²) in [4.78, 5) is 12.2. The fraction of sp³-hybridized carbons (Fsp3) is 0.0556. The Morgan fingerprint density at radius 3 is 2.67 bits per heavy atom. The summed E-state index contributed by atoms with van der Waals surface area (Å²) < 4.78 is 24.9. The molecule has 1 aromatic carbocycles. The van der Waals surface area contributed by atoms with Crippen LogP contribution in [0.1, 0.15) is 5.82 Å². The minimum absolute atomic E-state index is 0.239. The van der Waals surface area contributed by atoms with E-state index in [4.69, 9.17) is 0 Å². The van der Waals surface area contributed by atoms with Crippen molar-refractivity contribution in [1.29, 1.82) is 5.26 Å². The lowest BCUT2D eigenvalue weighted by molar-refractivity contribution is 0.604. The summed E-state index contributed by atoms with van der Waals surface area (Å²) in [6.07, 6.45) is 2.99. The van der Waals surface area contributed by atoms with Crippen molar-refractivity contribution in [2.45, 2.75) is 11.9 Å². The Hall–Kier alpha value is -3.64. The molecule has 3 rings (SSSR count). The van der Waals surface area contributed by atoms with E-state index >= 15 is 0 Å². The monoisotopic (exact) mass is 378 g/mol. The van der Waals surface area contributed by atoms with Gasteiger partial charge < -0.3 is 0 Å². The van der Waals surface area contributed by atoms with Gasteiger partial charge in [0.2, 0.25) is 0 Å². The Bertz CT molecular complexity index is 1140. The highest BCUT2D eigenvalue weighted by Crippen LogP contribution is 2.21. The van der Waals surface area contributed by atoms with Crippen molar-refractivity contribution in [2.24, 2.45) is 5.10 Å². The van der Waals surface area contributed by atoms with E-state index < -0.39 is 14.9 Å². The quantitative estimate of drug-likeness (QED) is 0.421. The van der Waals surface area contributed by atoms with E-state index in [2.05, 4.69) is 25.5 Å². The van der Waals surface area contributed by atoms with E-state index in [9.17, 15) is 13.7 Å². The highest BCUT2D eigenvalue weighted by Gasteiger charge is 2.24. The van der Waals surface area contributed by atoms with Crippen molar-refractivity contribution in [3.63, 3.8) is 0 Å². The number of sulfone groups is 1. The maximum atomic E-state index is 12.4. The third kappa shape index (κ3) is 4.13. The third-order valence-electron chi connectivity index (χ3n) is 3.48. The molecule has 0 aliphatic carbocycles. The standard InChI is InChI=1S/C18H14N6O2S/c1-13-20-10-8-16(22-13)14-5-4-6-15(11-14)23-24-18(12-19)27(25,26)17-7-2-3-9-21-17/h2-11,23H,1H3/b24-18+. The highest BCUT2D eigenvalue weighted by atomic mass is 32.2. The highest BCUT2D eigenvalue weighted by molar-refractivity contribution is 8.07. The van der Waals surface area contributed by atoms with Crippen LogP contribution in [0.5, 0.6) is 0 Å². The van der Waals surface area contributed by atoms with Gasteiger partial charge in [0.15, 0.2) is 5.03 Å². The van der Waals surface area contributed by atoms with Crippen molar-refractivity contribution in [3.8, 4) is 17.3 Å². The van der Waals surface area contributed by atoms with Gasteiger partial charge in [-0.15, -0.1) is 0 Å². The number of hydrazone groups is 1. The summed E-state index contributed by atoms with van der Waals surface area (Å²) in [5.41, 5.74) is 4.64. The largest absolute Gasteiger partial charge is 0.276 e. The Morgan fingerprint density at radius 1 is 1.11 bits per heavy atom. The second-order valence-corrected chi connectivity index (χ2v) is 7.19. The van der Waals surface area contributed by atoms with Gasteiger partial charge in [-0.25, -0.2) is 23.4 Å². The van der Waals surface area contributed by atoms with Gasteiger partial charge in [0.25, 0.3) is 14.9 Å². The fourth-order valence-electron chi connectivity index (χ4n) is 2.23. The Balaban J connectivity index is 1.89. The molecule has 1 N–H and O–H groups in total. The first-order valence-corrected chi connectivity index (χ1v) is 9.29. The number of hydrogen-bond donors (Lipinski definition) is 1. The molecule has 0 aliphatic rings. The van der Waals surface area contributed by atoms with Gasteiger partial charge in [-0.2, -0.15) is 10.4 Å². The van der Waals surface area contributed by atoms with E-state index in [1.54, 1.807) is 49.5 Å². The van der Waals surface area contributed by atoms with Gasteiger partial charge in [0.1, 0.15) is 11.9 Å². The molecule has 0 fully saturated rings. The van der Waals surface area contributed by atoms with Crippen LogP contribution in [-0.2, 0) is 9.84 Å². The number of aromatic nitrogens is 3. The molecule has 9 heteroatoms. The number of nitrogens with zero attached hydrogens (tertiary/aromatic N) is 5. The van der Waals surface area contributed by atoms with Gasteiger partial charge in [-0.05, 0) is 37.3 Å². The average Bonchev–Trinajstić information content (AvgIpc) is 2.69. The zero-order valence-corrected chi connectivity index (χ0v) is 15.1. The number of nitriles is 1. The van der Waals surface area contributed by atoms with Crippen LogP contribution in [0.25, 0.3) is 11.3 Å². The maximum absolute atomic E-state index is 12.4. The van der Waals surface area contributed by atoms with E-state index in [1.807, 2.05) is 6.07 Å². The van der Waals surface area contributed by atoms with Gasteiger partial charge in [-0.3, -0.25) is 5.43 Å². The smallest absolute Gasteiger partial charge is 0.258 e. The molecule has 0 saturated heterocycles. The molecule has 0 atom stereocenters. The Morgan fingerprint density at radius 2 is 1.96 bits per heavy atom.